The highest BCUT2D eigenvalue weighted by Crippen LogP contribution is 2.36. The Morgan fingerprint density at radius 3 is 2.72 bits per heavy atom. The smallest absolute Gasteiger partial charge is 0.355 e. The number of halogens is 3. The Morgan fingerprint density at radius 2 is 2.00 bits per heavy atom. The van der Waals surface area contributed by atoms with Gasteiger partial charge in [0.25, 0.3) is 0 Å². The molecule has 0 saturated carbocycles. The number of alkyl halides is 3. The molecule has 2 heterocycles. The summed E-state index contributed by atoms with van der Waals surface area (Å²) in [5.41, 5.74) is 0.463. The van der Waals surface area contributed by atoms with Crippen molar-refractivity contribution >= 4 is 11.7 Å². The van der Waals surface area contributed by atoms with E-state index in [0.717, 1.165) is 18.9 Å². The van der Waals surface area contributed by atoms with E-state index < -0.39 is 11.7 Å². The summed E-state index contributed by atoms with van der Waals surface area (Å²) in [5, 5.41) is 3.03. The first-order valence-corrected chi connectivity index (χ1v) is 9.96. The van der Waals surface area contributed by atoms with Crippen molar-refractivity contribution in [2.45, 2.75) is 44.8 Å². The van der Waals surface area contributed by atoms with Gasteiger partial charge in [0.1, 0.15) is 5.82 Å². The van der Waals surface area contributed by atoms with Gasteiger partial charge in [-0.15, -0.1) is 0 Å². The number of amides is 1. The lowest BCUT2D eigenvalue weighted by Crippen LogP contribution is -2.46. The average molecular weight is 405 g/mol. The topological polar surface area (TPSA) is 45.2 Å². The quantitative estimate of drug-likeness (QED) is 0.772. The second-order valence-electron chi connectivity index (χ2n) is 7.59. The van der Waals surface area contributed by atoms with Crippen LogP contribution in [0.5, 0.6) is 0 Å². The second kappa shape index (κ2) is 9.29. The summed E-state index contributed by atoms with van der Waals surface area (Å²) in [6.07, 6.45) is -0.108. The van der Waals surface area contributed by atoms with E-state index in [2.05, 4.69) is 22.4 Å². The first kappa shape index (κ1) is 21.1. The van der Waals surface area contributed by atoms with E-state index in [1.165, 1.54) is 17.8 Å². The lowest BCUT2D eigenvalue weighted by atomic mass is 9.96. The first-order chi connectivity index (χ1) is 13.8. The van der Waals surface area contributed by atoms with E-state index in [4.69, 9.17) is 0 Å². The van der Waals surface area contributed by atoms with E-state index >= 15 is 0 Å². The van der Waals surface area contributed by atoms with Gasteiger partial charge in [0, 0.05) is 25.3 Å². The van der Waals surface area contributed by atoms with Gasteiger partial charge < -0.3 is 10.2 Å². The van der Waals surface area contributed by atoms with Crippen molar-refractivity contribution in [2.24, 2.45) is 5.92 Å². The highest BCUT2D eigenvalue weighted by Gasteiger charge is 2.37. The number of piperidine rings is 1. The summed E-state index contributed by atoms with van der Waals surface area (Å²) in [7, 11) is 0. The summed E-state index contributed by atoms with van der Waals surface area (Å²) in [5.74, 6) is -0.527. The maximum absolute atomic E-state index is 13.3. The van der Waals surface area contributed by atoms with Gasteiger partial charge in [-0.05, 0) is 50.3 Å². The molecule has 4 nitrogen and oxygen atoms in total. The van der Waals surface area contributed by atoms with Crippen molar-refractivity contribution in [3.63, 3.8) is 0 Å². The highest BCUT2D eigenvalue weighted by molar-refractivity contribution is 5.79. The molecule has 1 saturated heterocycles. The van der Waals surface area contributed by atoms with Crippen LogP contribution < -0.4 is 10.2 Å². The van der Waals surface area contributed by atoms with Gasteiger partial charge in [-0.25, -0.2) is 4.98 Å². The predicted molar refractivity (Wildman–Crippen MR) is 107 cm³/mol. The Kier molecular flexibility index (Phi) is 6.77. The summed E-state index contributed by atoms with van der Waals surface area (Å²) in [4.78, 5) is 18.2. The van der Waals surface area contributed by atoms with Crippen LogP contribution in [0.25, 0.3) is 0 Å². The molecule has 1 amide bonds. The Bertz CT molecular complexity index is 810. The van der Waals surface area contributed by atoms with Gasteiger partial charge in [0.15, 0.2) is 0 Å². The van der Waals surface area contributed by atoms with Gasteiger partial charge in [-0.3, -0.25) is 4.79 Å². The number of hydrogen-bond acceptors (Lipinski definition) is 3. The zero-order valence-corrected chi connectivity index (χ0v) is 16.5. The number of hydrogen-bond donors (Lipinski definition) is 1. The lowest BCUT2D eigenvalue weighted by Gasteiger charge is -2.34. The van der Waals surface area contributed by atoms with Crippen LogP contribution in [0.3, 0.4) is 0 Å². The number of pyridine rings is 1. The molecule has 1 aliphatic heterocycles. The minimum Gasteiger partial charge on any atom is -0.355 e. The van der Waals surface area contributed by atoms with Crippen molar-refractivity contribution in [3.8, 4) is 0 Å². The van der Waals surface area contributed by atoms with Crippen molar-refractivity contribution in [1.29, 1.82) is 0 Å². The first-order valence-electron chi connectivity index (χ1n) is 9.96. The maximum atomic E-state index is 13.3. The molecule has 2 unspecified atom stereocenters. The zero-order chi connectivity index (χ0) is 20.9. The largest absolute Gasteiger partial charge is 0.419 e. The van der Waals surface area contributed by atoms with Crippen LogP contribution in [-0.2, 0) is 17.4 Å². The lowest BCUT2D eigenvalue weighted by molar-refractivity contribution is -0.137. The van der Waals surface area contributed by atoms with Crippen LogP contribution in [0.1, 0.15) is 37.3 Å². The third-order valence-electron chi connectivity index (χ3n) is 5.28. The molecule has 7 heteroatoms. The van der Waals surface area contributed by atoms with E-state index in [1.807, 2.05) is 25.1 Å². The molecule has 3 rings (SSSR count). The molecule has 2 atom stereocenters. The third kappa shape index (κ3) is 5.71. The number of carbonyl (C=O) groups excluding carboxylic acids is 1. The fraction of sp³-hybridized carbons (Fsp3) is 0.455. The second-order valence-corrected chi connectivity index (χ2v) is 7.59. The molecule has 1 aromatic carbocycles. The molecule has 2 aromatic rings. The van der Waals surface area contributed by atoms with Gasteiger partial charge in [-0.2, -0.15) is 13.2 Å². The molecule has 1 aliphatic rings. The van der Waals surface area contributed by atoms with Crippen LogP contribution in [0, 0.1) is 5.92 Å². The van der Waals surface area contributed by atoms with Crippen LogP contribution in [-0.4, -0.2) is 30.0 Å². The fourth-order valence-corrected chi connectivity index (χ4v) is 3.71. The number of nitrogens with zero attached hydrogens (tertiary/aromatic N) is 2. The number of aryl methyl sites for hydroxylation is 1. The molecule has 1 N–H and O–H groups in total. The van der Waals surface area contributed by atoms with Crippen LogP contribution >= 0.6 is 0 Å². The molecule has 156 valence electrons. The van der Waals surface area contributed by atoms with Gasteiger partial charge in [0.05, 0.1) is 11.5 Å². The van der Waals surface area contributed by atoms with Gasteiger partial charge >= 0.3 is 6.18 Å². The molecule has 29 heavy (non-hydrogen) atoms. The van der Waals surface area contributed by atoms with Crippen LogP contribution in [0.4, 0.5) is 19.0 Å². The summed E-state index contributed by atoms with van der Waals surface area (Å²) in [6.45, 7) is 2.67. The van der Waals surface area contributed by atoms with E-state index in [0.29, 0.717) is 19.4 Å². The molecule has 1 aromatic heterocycles. The fourth-order valence-electron chi connectivity index (χ4n) is 3.71. The van der Waals surface area contributed by atoms with Crippen molar-refractivity contribution in [2.75, 3.05) is 18.0 Å². The Labute approximate surface area is 169 Å². The third-order valence-corrected chi connectivity index (χ3v) is 5.28. The van der Waals surface area contributed by atoms with Crippen molar-refractivity contribution < 1.29 is 18.0 Å². The maximum Gasteiger partial charge on any atom is 0.419 e. The zero-order valence-electron chi connectivity index (χ0n) is 16.5. The van der Waals surface area contributed by atoms with Gasteiger partial charge in [0.2, 0.25) is 5.91 Å². The van der Waals surface area contributed by atoms with Crippen LogP contribution in [0.15, 0.2) is 48.7 Å². The monoisotopic (exact) mass is 405 g/mol. The molecule has 0 radical (unpaired) electrons. The van der Waals surface area contributed by atoms with Crippen molar-refractivity contribution in [3.05, 3.63) is 59.8 Å². The average Bonchev–Trinajstić information content (AvgIpc) is 2.72. The molecule has 0 bridgehead atoms. The SMILES string of the molecule is CC(CCc1ccccc1)NC(=O)C1CCCN(c2ncccc2C(F)(F)F)C1. The Morgan fingerprint density at radius 1 is 1.24 bits per heavy atom. The van der Waals surface area contributed by atoms with Gasteiger partial charge in [-0.1, -0.05) is 30.3 Å². The van der Waals surface area contributed by atoms with Crippen LogP contribution in [0.2, 0.25) is 0 Å². The number of carbonyl (C=O) groups is 1. The highest BCUT2D eigenvalue weighted by atomic mass is 19.4. The minimum absolute atomic E-state index is 0.00123. The Hall–Kier alpha value is -2.57. The minimum atomic E-state index is -4.47. The number of rotatable bonds is 6. The molecular formula is C22H26F3N3O. The summed E-state index contributed by atoms with van der Waals surface area (Å²) < 4.78 is 39.9. The number of nitrogens with one attached hydrogen (secondary N) is 1. The number of aromatic nitrogens is 1. The molecule has 0 aliphatic carbocycles. The molecule has 0 spiro atoms. The van der Waals surface area contributed by atoms with Crippen molar-refractivity contribution in [1.82, 2.24) is 10.3 Å². The van der Waals surface area contributed by atoms with E-state index in [1.54, 1.807) is 4.90 Å². The van der Waals surface area contributed by atoms with E-state index in [-0.39, 0.29) is 30.2 Å². The number of benzene rings is 1. The molecule has 1 fully saturated rings. The molecular weight excluding hydrogens is 379 g/mol. The number of anilines is 1. The predicted octanol–water partition coefficient (Wildman–Crippen LogP) is 4.45. The Balaban J connectivity index is 1.58. The summed E-state index contributed by atoms with van der Waals surface area (Å²) in [6, 6.07) is 12.4. The normalized spacial score (nSPS) is 18.3. The standard InChI is InChI=1S/C22H26F3N3O/c1-16(11-12-17-7-3-2-4-8-17)27-21(29)18-9-6-14-28(15-18)20-19(22(23,24)25)10-5-13-26-20/h2-5,7-8,10,13,16,18H,6,9,11-12,14-15H2,1H3,(H,27,29). The summed E-state index contributed by atoms with van der Waals surface area (Å²) >= 11 is 0. The van der Waals surface area contributed by atoms with E-state index in [9.17, 15) is 18.0 Å².